The van der Waals surface area contributed by atoms with E-state index >= 15 is 0 Å². The standard InChI is InChI=1S/C14H24N4/c1-4-12-9-15-14(2,11-5-6-11)10-18(12)13-7-8-17(3)16-13/h7-8,11-12,15H,4-6,9-10H2,1-3H3. The number of hydrogen-bond acceptors (Lipinski definition) is 3. The first-order valence-corrected chi connectivity index (χ1v) is 7.13. The van der Waals surface area contributed by atoms with Gasteiger partial charge in [-0.05, 0) is 32.1 Å². The number of aromatic nitrogens is 2. The highest BCUT2D eigenvalue weighted by Crippen LogP contribution is 2.42. The molecular weight excluding hydrogens is 224 g/mol. The summed E-state index contributed by atoms with van der Waals surface area (Å²) in [6, 6.07) is 2.72. The topological polar surface area (TPSA) is 33.1 Å². The second kappa shape index (κ2) is 4.26. The molecule has 0 bridgehead atoms. The summed E-state index contributed by atoms with van der Waals surface area (Å²) >= 11 is 0. The smallest absolute Gasteiger partial charge is 0.150 e. The van der Waals surface area contributed by atoms with Crippen LogP contribution in [0.15, 0.2) is 12.3 Å². The molecule has 1 aliphatic carbocycles. The van der Waals surface area contributed by atoms with E-state index < -0.39 is 0 Å². The molecule has 4 heteroatoms. The number of piperazine rings is 1. The number of rotatable bonds is 3. The molecule has 2 aliphatic rings. The van der Waals surface area contributed by atoms with Gasteiger partial charge < -0.3 is 10.2 Å². The second-order valence-corrected chi connectivity index (χ2v) is 6.11. The van der Waals surface area contributed by atoms with Crippen LogP contribution in [-0.2, 0) is 7.05 Å². The zero-order valence-electron chi connectivity index (χ0n) is 11.7. The highest BCUT2D eigenvalue weighted by atomic mass is 15.4. The summed E-state index contributed by atoms with van der Waals surface area (Å²) in [6.45, 7) is 6.82. The molecule has 0 radical (unpaired) electrons. The van der Waals surface area contributed by atoms with Gasteiger partial charge in [0.2, 0.25) is 0 Å². The van der Waals surface area contributed by atoms with E-state index in [4.69, 9.17) is 0 Å². The Balaban J connectivity index is 1.83. The van der Waals surface area contributed by atoms with Gasteiger partial charge in [-0.1, -0.05) is 6.92 Å². The Morgan fingerprint density at radius 3 is 2.83 bits per heavy atom. The Morgan fingerprint density at radius 2 is 2.28 bits per heavy atom. The Morgan fingerprint density at radius 1 is 1.50 bits per heavy atom. The van der Waals surface area contributed by atoms with Crippen molar-refractivity contribution in [2.75, 3.05) is 18.0 Å². The molecule has 0 amide bonds. The van der Waals surface area contributed by atoms with Crippen molar-refractivity contribution >= 4 is 5.82 Å². The van der Waals surface area contributed by atoms with E-state index in [0.29, 0.717) is 6.04 Å². The van der Waals surface area contributed by atoms with Gasteiger partial charge in [0.1, 0.15) is 0 Å². The quantitative estimate of drug-likeness (QED) is 0.885. The fourth-order valence-corrected chi connectivity index (χ4v) is 3.18. The van der Waals surface area contributed by atoms with E-state index in [9.17, 15) is 0 Å². The normalized spacial score (nSPS) is 32.8. The van der Waals surface area contributed by atoms with Crippen molar-refractivity contribution in [1.29, 1.82) is 0 Å². The monoisotopic (exact) mass is 248 g/mol. The summed E-state index contributed by atoms with van der Waals surface area (Å²) in [7, 11) is 1.99. The lowest BCUT2D eigenvalue weighted by Crippen LogP contribution is -2.64. The summed E-state index contributed by atoms with van der Waals surface area (Å²) in [5, 5.41) is 8.38. The molecular formula is C14H24N4. The molecule has 0 spiro atoms. The van der Waals surface area contributed by atoms with Gasteiger partial charge in [-0.15, -0.1) is 0 Å². The van der Waals surface area contributed by atoms with Crippen molar-refractivity contribution in [2.24, 2.45) is 13.0 Å². The number of anilines is 1. The first kappa shape index (κ1) is 12.0. The van der Waals surface area contributed by atoms with Crippen LogP contribution < -0.4 is 10.2 Å². The average Bonchev–Trinajstić information content (AvgIpc) is 3.13. The molecule has 1 aliphatic heterocycles. The van der Waals surface area contributed by atoms with Gasteiger partial charge in [0.15, 0.2) is 5.82 Å². The second-order valence-electron chi connectivity index (χ2n) is 6.11. The lowest BCUT2D eigenvalue weighted by atomic mass is 9.90. The van der Waals surface area contributed by atoms with E-state index in [2.05, 4.69) is 35.2 Å². The average molecular weight is 248 g/mol. The third kappa shape index (κ3) is 2.03. The minimum Gasteiger partial charge on any atom is -0.349 e. The molecule has 2 heterocycles. The number of nitrogens with zero attached hydrogens (tertiary/aromatic N) is 3. The van der Waals surface area contributed by atoms with Crippen LogP contribution in [0.1, 0.15) is 33.1 Å². The van der Waals surface area contributed by atoms with Crippen molar-refractivity contribution in [2.45, 2.75) is 44.7 Å². The van der Waals surface area contributed by atoms with Crippen molar-refractivity contribution in [3.05, 3.63) is 12.3 Å². The highest BCUT2D eigenvalue weighted by Gasteiger charge is 2.46. The summed E-state index contributed by atoms with van der Waals surface area (Å²) in [5.41, 5.74) is 0.281. The lowest BCUT2D eigenvalue weighted by molar-refractivity contribution is 0.251. The first-order valence-electron chi connectivity index (χ1n) is 7.13. The lowest BCUT2D eigenvalue weighted by Gasteiger charge is -2.46. The van der Waals surface area contributed by atoms with E-state index in [0.717, 1.165) is 24.8 Å². The van der Waals surface area contributed by atoms with Crippen LogP contribution in [0.2, 0.25) is 0 Å². The molecule has 1 saturated carbocycles. The first-order chi connectivity index (χ1) is 8.62. The predicted molar refractivity (Wildman–Crippen MR) is 73.8 cm³/mol. The Hall–Kier alpha value is -1.03. The summed E-state index contributed by atoms with van der Waals surface area (Å²) in [6.07, 6.45) is 5.98. The largest absolute Gasteiger partial charge is 0.349 e. The maximum atomic E-state index is 4.59. The maximum absolute atomic E-state index is 4.59. The third-order valence-corrected chi connectivity index (χ3v) is 4.62. The van der Waals surface area contributed by atoms with Crippen LogP contribution in [0.4, 0.5) is 5.82 Å². The molecule has 1 N–H and O–H groups in total. The number of nitrogens with one attached hydrogen (secondary N) is 1. The molecule has 1 aromatic rings. The van der Waals surface area contributed by atoms with Crippen LogP contribution in [-0.4, -0.2) is 34.5 Å². The SMILES string of the molecule is CCC1CNC(C)(C2CC2)CN1c1ccn(C)n1. The Bertz CT molecular complexity index is 423. The van der Waals surface area contributed by atoms with Gasteiger partial charge in [-0.25, -0.2) is 0 Å². The van der Waals surface area contributed by atoms with Gasteiger partial charge in [0.05, 0.1) is 0 Å². The van der Waals surface area contributed by atoms with Gasteiger partial charge >= 0.3 is 0 Å². The van der Waals surface area contributed by atoms with Gasteiger partial charge in [0.25, 0.3) is 0 Å². The molecule has 4 nitrogen and oxygen atoms in total. The molecule has 0 aromatic carbocycles. The Kier molecular flexibility index (Phi) is 2.85. The molecule has 100 valence electrons. The Labute approximate surface area is 109 Å². The summed E-state index contributed by atoms with van der Waals surface area (Å²) < 4.78 is 1.90. The summed E-state index contributed by atoms with van der Waals surface area (Å²) in [5.74, 6) is 2.00. The van der Waals surface area contributed by atoms with Crippen LogP contribution in [0.5, 0.6) is 0 Å². The third-order valence-electron chi connectivity index (χ3n) is 4.62. The molecule has 3 rings (SSSR count). The van der Waals surface area contributed by atoms with Crippen molar-refractivity contribution in [1.82, 2.24) is 15.1 Å². The molecule has 1 saturated heterocycles. The highest BCUT2D eigenvalue weighted by molar-refractivity contribution is 5.41. The fourth-order valence-electron chi connectivity index (χ4n) is 3.18. The van der Waals surface area contributed by atoms with Gasteiger partial charge in [-0.3, -0.25) is 4.68 Å². The predicted octanol–water partition coefficient (Wildman–Crippen LogP) is 1.78. The van der Waals surface area contributed by atoms with E-state index in [1.54, 1.807) is 0 Å². The van der Waals surface area contributed by atoms with Crippen LogP contribution >= 0.6 is 0 Å². The van der Waals surface area contributed by atoms with E-state index in [1.165, 1.54) is 19.3 Å². The number of hydrogen-bond donors (Lipinski definition) is 1. The molecule has 18 heavy (non-hydrogen) atoms. The molecule has 2 unspecified atom stereocenters. The molecule has 2 atom stereocenters. The molecule has 2 fully saturated rings. The zero-order chi connectivity index (χ0) is 12.8. The van der Waals surface area contributed by atoms with Gasteiger partial charge in [-0.2, -0.15) is 5.10 Å². The van der Waals surface area contributed by atoms with Crippen molar-refractivity contribution in [3.63, 3.8) is 0 Å². The van der Waals surface area contributed by atoms with Crippen LogP contribution in [0, 0.1) is 5.92 Å². The zero-order valence-corrected chi connectivity index (χ0v) is 11.7. The minimum absolute atomic E-state index is 0.281. The minimum atomic E-state index is 0.281. The number of aryl methyl sites for hydroxylation is 1. The fraction of sp³-hybridized carbons (Fsp3) is 0.786. The van der Waals surface area contributed by atoms with E-state index in [1.807, 2.05) is 17.9 Å². The van der Waals surface area contributed by atoms with Gasteiger partial charge in [0, 0.05) is 44.0 Å². The molecule has 1 aromatic heterocycles. The van der Waals surface area contributed by atoms with Crippen molar-refractivity contribution < 1.29 is 0 Å². The van der Waals surface area contributed by atoms with Crippen LogP contribution in [0.25, 0.3) is 0 Å². The van der Waals surface area contributed by atoms with Crippen LogP contribution in [0.3, 0.4) is 0 Å². The van der Waals surface area contributed by atoms with Crippen molar-refractivity contribution in [3.8, 4) is 0 Å². The van der Waals surface area contributed by atoms with E-state index in [-0.39, 0.29) is 5.54 Å². The maximum Gasteiger partial charge on any atom is 0.150 e. The summed E-state index contributed by atoms with van der Waals surface area (Å²) in [4.78, 5) is 2.51.